The minimum atomic E-state index is -0.945. The number of fused-ring (bicyclic) bond motifs is 3. The monoisotopic (exact) mass is 466 g/mol. The second kappa shape index (κ2) is 11.7. The molecule has 2 amide bonds. The van der Waals surface area contributed by atoms with Gasteiger partial charge in [-0.3, -0.25) is 9.59 Å². The van der Waals surface area contributed by atoms with Gasteiger partial charge in [0.2, 0.25) is 5.91 Å². The van der Waals surface area contributed by atoms with E-state index in [2.05, 4.69) is 29.6 Å². The number of carboxylic acid groups (broad SMARTS) is 1. The van der Waals surface area contributed by atoms with Crippen LogP contribution in [0.4, 0.5) is 4.79 Å². The number of carboxylic acids is 1. The normalized spacial score (nSPS) is 14.0. The molecule has 7 heteroatoms. The summed E-state index contributed by atoms with van der Waals surface area (Å²) in [6.07, 6.45) is 2.00. The van der Waals surface area contributed by atoms with Gasteiger partial charge in [0.25, 0.3) is 0 Å². The van der Waals surface area contributed by atoms with Crippen LogP contribution in [0.5, 0.6) is 0 Å². The van der Waals surface area contributed by atoms with E-state index in [4.69, 9.17) is 9.84 Å². The molecule has 0 bridgehead atoms. The van der Waals surface area contributed by atoms with Gasteiger partial charge in [-0.25, -0.2) is 4.79 Å². The molecule has 0 aliphatic heterocycles. The maximum atomic E-state index is 12.7. The van der Waals surface area contributed by atoms with Gasteiger partial charge in [-0.1, -0.05) is 75.2 Å². The average Bonchev–Trinajstić information content (AvgIpc) is 3.14. The lowest BCUT2D eigenvalue weighted by Gasteiger charge is -2.24. The average molecular weight is 467 g/mol. The van der Waals surface area contributed by atoms with E-state index < -0.39 is 18.0 Å². The van der Waals surface area contributed by atoms with Crippen LogP contribution in [-0.2, 0) is 14.3 Å². The van der Waals surface area contributed by atoms with Gasteiger partial charge in [0.15, 0.2) is 0 Å². The molecule has 1 aliphatic carbocycles. The van der Waals surface area contributed by atoms with Gasteiger partial charge in [-0.05, 0) is 28.7 Å². The van der Waals surface area contributed by atoms with Crippen molar-refractivity contribution in [1.82, 2.24) is 10.2 Å². The summed E-state index contributed by atoms with van der Waals surface area (Å²) in [6, 6.07) is 15.9. The highest BCUT2D eigenvalue weighted by Crippen LogP contribution is 2.44. The van der Waals surface area contributed by atoms with Gasteiger partial charge in [0, 0.05) is 32.0 Å². The molecule has 182 valence electrons. The maximum absolute atomic E-state index is 12.7. The molecule has 0 fully saturated rings. The Balaban J connectivity index is 1.60. The Labute approximate surface area is 201 Å². The number of ether oxygens (including phenoxy) is 1. The van der Waals surface area contributed by atoms with Crippen molar-refractivity contribution in [1.29, 1.82) is 0 Å². The van der Waals surface area contributed by atoms with Crippen LogP contribution in [0, 0.1) is 5.92 Å². The number of unbranched alkanes of at least 4 members (excludes halogenated alkanes) is 1. The smallest absolute Gasteiger partial charge is 0.407 e. The molecule has 0 saturated heterocycles. The van der Waals surface area contributed by atoms with Crippen LogP contribution in [0.25, 0.3) is 11.1 Å². The minimum absolute atomic E-state index is 0.0301. The SMILES string of the molecule is CCCC[C@H](CC(=O)N(C)CC(C)C(=O)O)NC(=O)OCC1c2ccccc2-c2ccccc21. The summed E-state index contributed by atoms with van der Waals surface area (Å²) < 4.78 is 5.64. The van der Waals surface area contributed by atoms with E-state index in [9.17, 15) is 14.4 Å². The Bertz CT molecular complexity index is 976. The van der Waals surface area contributed by atoms with Crippen LogP contribution in [0.3, 0.4) is 0 Å². The van der Waals surface area contributed by atoms with Crippen molar-refractivity contribution in [3.05, 3.63) is 59.7 Å². The molecule has 2 aromatic rings. The first-order valence-electron chi connectivity index (χ1n) is 11.9. The highest BCUT2D eigenvalue weighted by Gasteiger charge is 2.29. The highest BCUT2D eigenvalue weighted by atomic mass is 16.5. The zero-order chi connectivity index (χ0) is 24.7. The molecule has 0 spiro atoms. The van der Waals surface area contributed by atoms with Crippen LogP contribution in [-0.4, -0.2) is 54.2 Å². The second-order valence-corrected chi connectivity index (χ2v) is 9.03. The number of nitrogens with zero attached hydrogens (tertiary/aromatic N) is 1. The standard InChI is InChI=1S/C27H34N2O5/c1-4-5-10-19(15-25(30)29(3)16-18(2)26(31)32)28-27(33)34-17-24-22-13-8-6-11-20(22)21-12-7-9-14-23(21)24/h6-9,11-14,18-19,24H,4-5,10,15-17H2,1-3H3,(H,28,33)(H,31,32)/t18?,19-/m1/s1. The molecule has 2 N–H and O–H groups in total. The molecule has 2 atom stereocenters. The number of carbonyl (C=O) groups is 3. The Morgan fingerprint density at radius 1 is 1.06 bits per heavy atom. The summed E-state index contributed by atoms with van der Waals surface area (Å²) in [5.41, 5.74) is 4.61. The predicted octanol–water partition coefficient (Wildman–Crippen LogP) is 4.65. The molecule has 0 aromatic heterocycles. The summed E-state index contributed by atoms with van der Waals surface area (Å²) in [4.78, 5) is 37.8. The van der Waals surface area contributed by atoms with Crippen LogP contribution >= 0.6 is 0 Å². The second-order valence-electron chi connectivity index (χ2n) is 9.03. The van der Waals surface area contributed by atoms with E-state index in [-0.39, 0.29) is 37.4 Å². The summed E-state index contributed by atoms with van der Waals surface area (Å²) in [5.74, 6) is -1.83. The molecule has 0 saturated carbocycles. The molecule has 7 nitrogen and oxygen atoms in total. The molecular formula is C27H34N2O5. The van der Waals surface area contributed by atoms with Crippen molar-refractivity contribution in [3.8, 4) is 11.1 Å². The number of hydrogen-bond donors (Lipinski definition) is 2. The molecule has 1 aliphatic rings. The van der Waals surface area contributed by atoms with E-state index in [1.165, 1.54) is 4.90 Å². The third kappa shape index (κ3) is 6.16. The summed E-state index contributed by atoms with van der Waals surface area (Å²) in [6.45, 7) is 3.95. The third-order valence-electron chi connectivity index (χ3n) is 6.39. The van der Waals surface area contributed by atoms with E-state index in [1.807, 2.05) is 31.2 Å². The fourth-order valence-electron chi connectivity index (χ4n) is 4.44. The van der Waals surface area contributed by atoms with Crippen LogP contribution < -0.4 is 5.32 Å². The first-order valence-corrected chi connectivity index (χ1v) is 11.9. The quantitative estimate of drug-likeness (QED) is 0.502. The van der Waals surface area contributed by atoms with Crippen LogP contribution in [0.1, 0.15) is 56.6 Å². The Morgan fingerprint density at radius 2 is 1.65 bits per heavy atom. The minimum Gasteiger partial charge on any atom is -0.481 e. The largest absolute Gasteiger partial charge is 0.481 e. The van der Waals surface area contributed by atoms with Gasteiger partial charge in [0.1, 0.15) is 6.61 Å². The Morgan fingerprint density at radius 3 is 2.21 bits per heavy atom. The predicted molar refractivity (Wildman–Crippen MR) is 131 cm³/mol. The van der Waals surface area contributed by atoms with Crippen molar-refractivity contribution in [3.63, 3.8) is 0 Å². The molecule has 3 rings (SSSR count). The fourth-order valence-corrected chi connectivity index (χ4v) is 4.44. The Kier molecular flexibility index (Phi) is 8.68. The number of alkyl carbamates (subject to hydrolysis) is 1. The van der Waals surface area contributed by atoms with Gasteiger partial charge in [-0.2, -0.15) is 0 Å². The lowest BCUT2D eigenvalue weighted by atomic mass is 9.98. The first kappa shape index (κ1) is 25.3. The molecular weight excluding hydrogens is 432 g/mol. The number of hydrogen-bond acceptors (Lipinski definition) is 4. The summed E-state index contributed by atoms with van der Waals surface area (Å²) in [5, 5.41) is 12.0. The first-order chi connectivity index (χ1) is 16.3. The van der Waals surface area contributed by atoms with Crippen molar-refractivity contribution in [2.24, 2.45) is 5.92 Å². The van der Waals surface area contributed by atoms with Gasteiger partial charge >= 0.3 is 12.1 Å². The molecule has 1 unspecified atom stereocenters. The number of amides is 2. The van der Waals surface area contributed by atoms with E-state index in [0.29, 0.717) is 6.42 Å². The number of carbonyl (C=O) groups excluding carboxylic acids is 2. The molecule has 2 aromatic carbocycles. The van der Waals surface area contributed by atoms with Gasteiger partial charge < -0.3 is 20.1 Å². The zero-order valence-electron chi connectivity index (χ0n) is 20.1. The van der Waals surface area contributed by atoms with Crippen molar-refractivity contribution < 1.29 is 24.2 Å². The fraction of sp³-hybridized carbons (Fsp3) is 0.444. The van der Waals surface area contributed by atoms with Crippen molar-refractivity contribution in [2.75, 3.05) is 20.2 Å². The topological polar surface area (TPSA) is 95.9 Å². The highest BCUT2D eigenvalue weighted by molar-refractivity contribution is 5.80. The van der Waals surface area contributed by atoms with Gasteiger partial charge in [0.05, 0.1) is 5.92 Å². The summed E-state index contributed by atoms with van der Waals surface area (Å²) >= 11 is 0. The summed E-state index contributed by atoms with van der Waals surface area (Å²) in [7, 11) is 1.59. The van der Waals surface area contributed by atoms with Crippen molar-refractivity contribution in [2.45, 2.75) is 51.5 Å². The number of aliphatic carboxylic acids is 1. The molecule has 34 heavy (non-hydrogen) atoms. The lowest BCUT2D eigenvalue weighted by Crippen LogP contribution is -2.41. The van der Waals surface area contributed by atoms with Gasteiger partial charge in [-0.15, -0.1) is 0 Å². The van der Waals surface area contributed by atoms with E-state index >= 15 is 0 Å². The number of nitrogens with one attached hydrogen (secondary N) is 1. The third-order valence-corrected chi connectivity index (χ3v) is 6.39. The van der Waals surface area contributed by atoms with Crippen molar-refractivity contribution >= 4 is 18.0 Å². The molecule has 0 heterocycles. The maximum Gasteiger partial charge on any atom is 0.407 e. The lowest BCUT2D eigenvalue weighted by molar-refractivity contribution is -0.142. The van der Waals surface area contributed by atoms with Crippen LogP contribution in [0.15, 0.2) is 48.5 Å². The van der Waals surface area contributed by atoms with E-state index in [1.54, 1.807) is 14.0 Å². The van der Waals surface area contributed by atoms with Crippen LogP contribution in [0.2, 0.25) is 0 Å². The van der Waals surface area contributed by atoms with E-state index in [0.717, 1.165) is 35.1 Å². The Hall–Kier alpha value is -3.35. The molecule has 0 radical (unpaired) electrons. The number of benzene rings is 2. The number of rotatable bonds is 11. The zero-order valence-corrected chi connectivity index (χ0v) is 20.1.